The van der Waals surface area contributed by atoms with Crippen molar-refractivity contribution in [1.82, 2.24) is 19.7 Å². The van der Waals surface area contributed by atoms with Crippen LogP contribution in [-0.4, -0.2) is 30.8 Å². The summed E-state index contributed by atoms with van der Waals surface area (Å²) in [4.78, 5) is 14.7. The number of carbonyl (C=O) groups is 1. The average Bonchev–Trinajstić information content (AvgIpc) is 2.73. The zero-order valence-electron chi connectivity index (χ0n) is 9.07. The highest BCUT2D eigenvalue weighted by atomic mass is 32.2. The van der Waals surface area contributed by atoms with Gasteiger partial charge in [0.2, 0.25) is 0 Å². The van der Waals surface area contributed by atoms with Gasteiger partial charge in [-0.15, -0.1) is 10.2 Å². The van der Waals surface area contributed by atoms with E-state index in [9.17, 15) is 4.79 Å². The number of carboxylic acids is 1. The van der Waals surface area contributed by atoms with Gasteiger partial charge >= 0.3 is 5.97 Å². The molecule has 0 saturated carbocycles. The van der Waals surface area contributed by atoms with Crippen LogP contribution in [0.1, 0.15) is 16.1 Å². The number of aromatic nitrogens is 4. The first kappa shape index (κ1) is 11.6. The molecule has 0 aliphatic carbocycles. The lowest BCUT2D eigenvalue weighted by atomic mass is 10.2. The number of hydrogen-bond acceptors (Lipinski definition) is 5. The van der Waals surface area contributed by atoms with Gasteiger partial charge in [0, 0.05) is 19.0 Å². The first-order valence-electron chi connectivity index (χ1n) is 4.82. The summed E-state index contributed by atoms with van der Waals surface area (Å²) >= 11 is 1.50. The van der Waals surface area contributed by atoms with Crippen molar-refractivity contribution in [1.29, 1.82) is 0 Å². The van der Waals surface area contributed by atoms with Gasteiger partial charge in [-0.3, -0.25) is 4.98 Å². The van der Waals surface area contributed by atoms with Crippen molar-refractivity contribution in [2.75, 3.05) is 0 Å². The number of carboxylic acid groups (broad SMARTS) is 1. The minimum Gasteiger partial charge on any atom is -0.478 e. The van der Waals surface area contributed by atoms with E-state index >= 15 is 0 Å². The van der Waals surface area contributed by atoms with Gasteiger partial charge < -0.3 is 9.67 Å². The molecule has 0 saturated heterocycles. The van der Waals surface area contributed by atoms with Crippen molar-refractivity contribution in [3.8, 4) is 0 Å². The second-order valence-corrected chi connectivity index (χ2v) is 4.30. The Hall–Kier alpha value is -1.89. The number of aryl methyl sites for hydroxylation is 1. The van der Waals surface area contributed by atoms with Gasteiger partial charge in [-0.2, -0.15) is 0 Å². The highest BCUT2D eigenvalue weighted by Gasteiger charge is 2.05. The van der Waals surface area contributed by atoms with E-state index in [1.54, 1.807) is 18.5 Å². The van der Waals surface area contributed by atoms with Gasteiger partial charge in [-0.1, -0.05) is 11.8 Å². The summed E-state index contributed by atoms with van der Waals surface area (Å²) in [5.41, 5.74) is 1.00. The van der Waals surface area contributed by atoms with Crippen LogP contribution in [0.25, 0.3) is 0 Å². The van der Waals surface area contributed by atoms with Crippen LogP contribution >= 0.6 is 11.8 Å². The van der Waals surface area contributed by atoms with Gasteiger partial charge in [0.1, 0.15) is 6.33 Å². The van der Waals surface area contributed by atoms with E-state index in [0.717, 1.165) is 10.9 Å². The highest BCUT2D eigenvalue weighted by Crippen LogP contribution is 2.18. The quantitative estimate of drug-likeness (QED) is 0.821. The van der Waals surface area contributed by atoms with Crippen molar-refractivity contribution < 1.29 is 9.90 Å². The van der Waals surface area contributed by atoms with E-state index in [1.165, 1.54) is 18.0 Å². The SMILES string of the molecule is Cn1cnnc1SCc1ccc(C(=O)O)cn1. The van der Waals surface area contributed by atoms with Crippen molar-refractivity contribution in [2.24, 2.45) is 7.05 Å². The third-order valence-corrected chi connectivity index (χ3v) is 3.16. The minimum atomic E-state index is -0.968. The number of pyridine rings is 1. The first-order chi connectivity index (χ1) is 8.16. The lowest BCUT2D eigenvalue weighted by Gasteiger charge is -2.00. The molecule has 0 unspecified atom stereocenters. The van der Waals surface area contributed by atoms with E-state index in [-0.39, 0.29) is 5.56 Å². The van der Waals surface area contributed by atoms with E-state index < -0.39 is 5.97 Å². The Balaban J connectivity index is 2.00. The monoisotopic (exact) mass is 250 g/mol. The summed E-state index contributed by atoms with van der Waals surface area (Å²) in [7, 11) is 1.86. The maximum Gasteiger partial charge on any atom is 0.337 e. The molecule has 1 N–H and O–H groups in total. The predicted molar refractivity (Wildman–Crippen MR) is 61.8 cm³/mol. The Labute approximate surface area is 102 Å². The fourth-order valence-electron chi connectivity index (χ4n) is 1.18. The molecule has 0 aromatic carbocycles. The predicted octanol–water partition coefficient (Wildman–Crippen LogP) is 1.20. The zero-order chi connectivity index (χ0) is 12.3. The maximum atomic E-state index is 10.6. The van der Waals surface area contributed by atoms with Crippen LogP contribution in [-0.2, 0) is 12.8 Å². The van der Waals surface area contributed by atoms with Crippen LogP contribution < -0.4 is 0 Å². The van der Waals surface area contributed by atoms with Crippen LogP contribution in [0, 0.1) is 0 Å². The molecule has 88 valence electrons. The maximum absolute atomic E-state index is 10.6. The molecule has 0 radical (unpaired) electrons. The summed E-state index contributed by atoms with van der Waals surface area (Å²) in [5.74, 6) is -0.336. The molecule has 2 aromatic heterocycles. The van der Waals surface area contributed by atoms with Crippen molar-refractivity contribution in [3.63, 3.8) is 0 Å². The molecule has 0 spiro atoms. The third kappa shape index (κ3) is 2.82. The number of rotatable bonds is 4. The van der Waals surface area contributed by atoms with Crippen molar-refractivity contribution >= 4 is 17.7 Å². The van der Waals surface area contributed by atoms with Crippen LogP contribution in [0.4, 0.5) is 0 Å². The van der Waals surface area contributed by atoms with E-state index in [2.05, 4.69) is 15.2 Å². The largest absolute Gasteiger partial charge is 0.478 e. The Morgan fingerprint density at radius 3 is 2.88 bits per heavy atom. The third-order valence-electron chi connectivity index (χ3n) is 2.09. The molecule has 0 atom stereocenters. The lowest BCUT2D eigenvalue weighted by molar-refractivity contribution is 0.0696. The zero-order valence-corrected chi connectivity index (χ0v) is 9.89. The van der Waals surface area contributed by atoms with Crippen LogP contribution in [0.3, 0.4) is 0 Å². The number of thioether (sulfide) groups is 1. The van der Waals surface area contributed by atoms with Gasteiger partial charge in [-0.25, -0.2) is 4.79 Å². The fourth-order valence-corrected chi connectivity index (χ4v) is 1.98. The number of hydrogen-bond donors (Lipinski definition) is 1. The summed E-state index contributed by atoms with van der Waals surface area (Å²) in [6, 6.07) is 3.24. The molecular weight excluding hydrogens is 240 g/mol. The smallest absolute Gasteiger partial charge is 0.337 e. The average molecular weight is 250 g/mol. The van der Waals surface area contributed by atoms with Crippen LogP contribution in [0.15, 0.2) is 29.8 Å². The molecule has 2 aromatic rings. The molecule has 0 amide bonds. The standard InChI is InChI=1S/C10H10N4O2S/c1-14-6-12-13-10(14)17-5-8-3-2-7(4-11-8)9(15)16/h2-4,6H,5H2,1H3,(H,15,16). The topological polar surface area (TPSA) is 80.9 Å². The number of aromatic carboxylic acids is 1. The molecule has 2 rings (SSSR count). The molecule has 2 heterocycles. The highest BCUT2D eigenvalue weighted by molar-refractivity contribution is 7.98. The molecule has 0 bridgehead atoms. The summed E-state index contributed by atoms with van der Waals surface area (Å²) in [6.07, 6.45) is 2.98. The molecule has 17 heavy (non-hydrogen) atoms. The summed E-state index contributed by atoms with van der Waals surface area (Å²) in [6.45, 7) is 0. The van der Waals surface area contributed by atoms with E-state index in [4.69, 9.17) is 5.11 Å². The molecule has 0 aliphatic heterocycles. The second kappa shape index (κ2) is 4.96. The van der Waals surface area contributed by atoms with Crippen LogP contribution in [0.5, 0.6) is 0 Å². The number of nitrogens with zero attached hydrogens (tertiary/aromatic N) is 4. The second-order valence-electron chi connectivity index (χ2n) is 3.36. The molecule has 6 nitrogen and oxygen atoms in total. The van der Waals surface area contributed by atoms with Crippen LogP contribution in [0.2, 0.25) is 0 Å². The molecule has 7 heteroatoms. The first-order valence-corrected chi connectivity index (χ1v) is 5.80. The summed E-state index contributed by atoms with van der Waals surface area (Å²) < 4.78 is 1.82. The van der Waals surface area contributed by atoms with Gasteiger partial charge in [-0.05, 0) is 12.1 Å². The van der Waals surface area contributed by atoms with Gasteiger partial charge in [0.25, 0.3) is 0 Å². The molecular formula is C10H10N4O2S. The van der Waals surface area contributed by atoms with Crippen molar-refractivity contribution in [3.05, 3.63) is 35.9 Å². The minimum absolute atomic E-state index is 0.192. The summed E-state index contributed by atoms with van der Waals surface area (Å²) in [5, 5.41) is 17.2. The Morgan fingerprint density at radius 2 is 2.35 bits per heavy atom. The van der Waals surface area contributed by atoms with E-state index in [1.807, 2.05) is 11.6 Å². The van der Waals surface area contributed by atoms with E-state index in [0.29, 0.717) is 5.75 Å². The molecule has 0 aliphatic rings. The normalized spacial score (nSPS) is 10.4. The molecule has 0 fully saturated rings. The lowest BCUT2D eigenvalue weighted by Crippen LogP contribution is -1.98. The Morgan fingerprint density at radius 1 is 1.53 bits per heavy atom. The van der Waals surface area contributed by atoms with Gasteiger partial charge in [0.15, 0.2) is 5.16 Å². The Kier molecular flexibility index (Phi) is 3.38. The van der Waals surface area contributed by atoms with Gasteiger partial charge in [0.05, 0.1) is 11.3 Å². The van der Waals surface area contributed by atoms with Crippen molar-refractivity contribution in [2.45, 2.75) is 10.9 Å². The fraction of sp³-hybridized carbons (Fsp3) is 0.200. The Bertz CT molecular complexity index is 523.